The molecule has 1 aromatic rings. The van der Waals surface area contributed by atoms with Crippen LogP contribution in [0.5, 0.6) is 0 Å². The molecular weight excluding hydrogens is 357 g/mol. The second-order valence-corrected chi connectivity index (χ2v) is 9.15. The monoisotopic (exact) mass is 393 g/mol. The Morgan fingerprint density at radius 1 is 1.25 bits per heavy atom. The molecule has 1 aromatic carbocycles. The topological polar surface area (TPSA) is 48.0 Å². The first-order valence-electron chi connectivity index (χ1n) is 10.5. The zero-order valence-electron chi connectivity index (χ0n) is 17.5. The fourth-order valence-electron chi connectivity index (χ4n) is 4.81. The molecule has 6 heteroatoms. The van der Waals surface area contributed by atoms with Crippen LogP contribution in [0.25, 0.3) is 0 Å². The van der Waals surface area contributed by atoms with E-state index in [1.807, 2.05) is 19.2 Å². The average Bonchev–Trinajstić information content (AvgIpc) is 2.98. The van der Waals surface area contributed by atoms with E-state index < -0.39 is 0 Å². The third-order valence-corrected chi connectivity index (χ3v) is 6.24. The number of benzene rings is 1. The maximum Gasteiger partial charge on any atom is 0.127 e. The minimum Gasteiger partial charge on any atom is -0.395 e. The SMILES string of the molecule is CN1[C@H](CO)C[C@H](CNCC(C)(C)CN2CCOCC2)[C@@H]1c1ccccc1F. The molecule has 2 aliphatic heterocycles. The van der Waals surface area contributed by atoms with E-state index in [4.69, 9.17) is 4.74 Å². The minimum absolute atomic E-state index is 0.00629. The second-order valence-electron chi connectivity index (χ2n) is 9.15. The Morgan fingerprint density at radius 3 is 2.64 bits per heavy atom. The van der Waals surface area contributed by atoms with Crippen molar-refractivity contribution in [3.05, 3.63) is 35.6 Å². The summed E-state index contributed by atoms with van der Waals surface area (Å²) in [4.78, 5) is 4.61. The van der Waals surface area contributed by atoms with E-state index in [1.54, 1.807) is 6.07 Å². The maximum absolute atomic E-state index is 14.5. The summed E-state index contributed by atoms with van der Waals surface area (Å²) in [6, 6.07) is 7.12. The number of likely N-dealkylation sites (tertiary alicyclic amines) is 1. The molecule has 2 heterocycles. The first kappa shape index (κ1) is 21.7. The number of ether oxygens (including phenoxy) is 1. The standard InChI is InChI=1S/C22H36FN3O2/c1-22(2,16-26-8-10-28-11-9-26)15-24-13-17-12-18(14-27)25(3)21(17)19-6-4-5-7-20(19)23/h4-7,17-18,21,24,27H,8-16H2,1-3H3/t17-,18+,21-/m1/s1. The van der Waals surface area contributed by atoms with Crippen molar-refractivity contribution in [2.45, 2.75) is 32.4 Å². The zero-order chi connectivity index (χ0) is 20.1. The van der Waals surface area contributed by atoms with Gasteiger partial charge in [-0.2, -0.15) is 0 Å². The van der Waals surface area contributed by atoms with Gasteiger partial charge in [0, 0.05) is 43.8 Å². The molecule has 2 aliphatic rings. The number of nitrogens with zero attached hydrogens (tertiary/aromatic N) is 2. The molecule has 0 bridgehead atoms. The third kappa shape index (κ3) is 5.30. The number of halogens is 1. The lowest BCUT2D eigenvalue weighted by atomic mass is 9.90. The van der Waals surface area contributed by atoms with Gasteiger partial charge in [-0.3, -0.25) is 9.80 Å². The van der Waals surface area contributed by atoms with Crippen molar-refractivity contribution in [3.63, 3.8) is 0 Å². The molecule has 0 spiro atoms. The van der Waals surface area contributed by atoms with Crippen LogP contribution >= 0.6 is 0 Å². The summed E-state index contributed by atoms with van der Waals surface area (Å²) in [5, 5.41) is 13.4. The van der Waals surface area contributed by atoms with Crippen molar-refractivity contribution >= 4 is 0 Å². The number of likely N-dealkylation sites (N-methyl/N-ethyl adjacent to an activating group) is 1. The van der Waals surface area contributed by atoms with E-state index in [2.05, 4.69) is 29.0 Å². The highest BCUT2D eigenvalue weighted by molar-refractivity contribution is 5.24. The van der Waals surface area contributed by atoms with Gasteiger partial charge >= 0.3 is 0 Å². The molecule has 3 rings (SSSR count). The van der Waals surface area contributed by atoms with Crippen LogP contribution in [-0.4, -0.2) is 80.5 Å². The van der Waals surface area contributed by atoms with E-state index in [1.165, 1.54) is 6.07 Å². The molecule has 3 atom stereocenters. The molecule has 0 amide bonds. The summed E-state index contributed by atoms with van der Waals surface area (Å²) in [5.74, 6) is 0.119. The molecule has 0 radical (unpaired) electrons. The Balaban J connectivity index is 1.59. The molecule has 28 heavy (non-hydrogen) atoms. The van der Waals surface area contributed by atoms with Crippen LogP contribution in [0, 0.1) is 17.2 Å². The van der Waals surface area contributed by atoms with Gasteiger partial charge in [0.05, 0.1) is 19.8 Å². The summed E-state index contributed by atoms with van der Waals surface area (Å²) >= 11 is 0. The van der Waals surface area contributed by atoms with Gasteiger partial charge in [-0.05, 0) is 37.4 Å². The Morgan fingerprint density at radius 2 is 1.96 bits per heavy atom. The number of morpholine rings is 1. The van der Waals surface area contributed by atoms with Gasteiger partial charge in [-0.15, -0.1) is 0 Å². The molecule has 2 saturated heterocycles. The number of hydrogen-bond donors (Lipinski definition) is 2. The largest absolute Gasteiger partial charge is 0.395 e. The average molecular weight is 394 g/mol. The summed E-state index contributed by atoms with van der Waals surface area (Å²) in [7, 11) is 2.00. The predicted octanol–water partition coefficient (Wildman–Crippen LogP) is 2.13. The Labute approximate surface area is 168 Å². The van der Waals surface area contributed by atoms with Crippen molar-refractivity contribution < 1.29 is 14.2 Å². The van der Waals surface area contributed by atoms with Crippen LogP contribution < -0.4 is 5.32 Å². The number of hydrogen-bond acceptors (Lipinski definition) is 5. The van der Waals surface area contributed by atoms with E-state index in [-0.39, 0.29) is 35.8 Å². The van der Waals surface area contributed by atoms with Gasteiger partial charge in [-0.1, -0.05) is 32.0 Å². The second kappa shape index (κ2) is 9.63. The smallest absolute Gasteiger partial charge is 0.127 e. The normalized spacial score (nSPS) is 27.4. The van der Waals surface area contributed by atoms with Crippen molar-refractivity contribution in [2.75, 3.05) is 59.6 Å². The zero-order valence-corrected chi connectivity index (χ0v) is 17.5. The lowest BCUT2D eigenvalue weighted by molar-refractivity contribution is 0.0211. The third-order valence-electron chi connectivity index (χ3n) is 6.24. The van der Waals surface area contributed by atoms with Crippen LogP contribution in [0.4, 0.5) is 4.39 Å². The van der Waals surface area contributed by atoms with Gasteiger partial charge in [0.25, 0.3) is 0 Å². The van der Waals surface area contributed by atoms with Crippen LogP contribution in [0.2, 0.25) is 0 Å². The first-order chi connectivity index (χ1) is 13.4. The Hall–Kier alpha value is -1.05. The summed E-state index contributed by atoms with van der Waals surface area (Å²) in [6.45, 7) is 11.1. The minimum atomic E-state index is -0.157. The highest BCUT2D eigenvalue weighted by Gasteiger charge is 2.40. The van der Waals surface area contributed by atoms with Gasteiger partial charge in [0.1, 0.15) is 5.82 Å². The molecule has 0 aromatic heterocycles. The molecule has 158 valence electrons. The molecule has 0 saturated carbocycles. The summed E-state index contributed by atoms with van der Waals surface area (Å²) < 4.78 is 19.9. The molecule has 5 nitrogen and oxygen atoms in total. The Kier molecular flexibility index (Phi) is 7.45. The molecule has 0 aliphatic carbocycles. The highest BCUT2D eigenvalue weighted by atomic mass is 19.1. The highest BCUT2D eigenvalue weighted by Crippen LogP contribution is 2.40. The van der Waals surface area contributed by atoms with Gasteiger partial charge < -0.3 is 15.2 Å². The van der Waals surface area contributed by atoms with Crippen LogP contribution in [0.3, 0.4) is 0 Å². The van der Waals surface area contributed by atoms with E-state index >= 15 is 0 Å². The quantitative estimate of drug-likeness (QED) is 0.709. The van der Waals surface area contributed by atoms with Crippen LogP contribution in [0.15, 0.2) is 24.3 Å². The van der Waals surface area contributed by atoms with Gasteiger partial charge in [0.2, 0.25) is 0 Å². The number of nitrogens with one attached hydrogen (secondary N) is 1. The number of aliphatic hydroxyl groups excluding tert-OH is 1. The lowest BCUT2D eigenvalue weighted by Crippen LogP contribution is -2.45. The van der Waals surface area contributed by atoms with Gasteiger partial charge in [-0.25, -0.2) is 4.39 Å². The summed E-state index contributed by atoms with van der Waals surface area (Å²) in [5.41, 5.74) is 0.895. The maximum atomic E-state index is 14.5. The molecule has 2 fully saturated rings. The summed E-state index contributed by atoms with van der Waals surface area (Å²) in [6.07, 6.45) is 0.878. The molecule has 2 N–H and O–H groups in total. The van der Waals surface area contributed by atoms with Crippen molar-refractivity contribution in [3.8, 4) is 0 Å². The fraction of sp³-hybridized carbons (Fsp3) is 0.727. The van der Waals surface area contributed by atoms with Crippen molar-refractivity contribution in [1.82, 2.24) is 15.1 Å². The van der Waals surface area contributed by atoms with Crippen LogP contribution in [0.1, 0.15) is 31.9 Å². The van der Waals surface area contributed by atoms with E-state index in [0.29, 0.717) is 0 Å². The van der Waals surface area contributed by atoms with Gasteiger partial charge in [0.15, 0.2) is 0 Å². The van der Waals surface area contributed by atoms with Crippen molar-refractivity contribution in [2.24, 2.45) is 11.3 Å². The Bertz CT molecular complexity index is 622. The number of aliphatic hydroxyl groups is 1. The van der Waals surface area contributed by atoms with E-state index in [9.17, 15) is 9.50 Å². The number of rotatable bonds is 8. The lowest BCUT2D eigenvalue weighted by Gasteiger charge is -2.35. The predicted molar refractivity (Wildman–Crippen MR) is 110 cm³/mol. The van der Waals surface area contributed by atoms with E-state index in [0.717, 1.165) is 57.9 Å². The van der Waals surface area contributed by atoms with Crippen LogP contribution in [-0.2, 0) is 4.74 Å². The molecular formula is C22H36FN3O2. The van der Waals surface area contributed by atoms with Crippen molar-refractivity contribution in [1.29, 1.82) is 0 Å². The fourth-order valence-corrected chi connectivity index (χ4v) is 4.81. The first-order valence-corrected chi connectivity index (χ1v) is 10.5. The molecule has 0 unspecified atom stereocenters.